The van der Waals surface area contributed by atoms with Gasteiger partial charge in [-0.1, -0.05) is 20.8 Å². The molecule has 0 aliphatic heterocycles. The van der Waals surface area contributed by atoms with Gasteiger partial charge >= 0.3 is 0 Å². The summed E-state index contributed by atoms with van der Waals surface area (Å²) in [5.74, 6) is 0.317. The van der Waals surface area contributed by atoms with E-state index in [-0.39, 0.29) is 6.61 Å². The first-order valence-corrected chi connectivity index (χ1v) is 3.84. The van der Waals surface area contributed by atoms with E-state index in [1.165, 1.54) is 0 Å². The number of alkyl halides is 1. The maximum atomic E-state index is 13.3. The van der Waals surface area contributed by atoms with Crippen LogP contribution in [-0.2, 0) is 0 Å². The highest BCUT2D eigenvalue weighted by Gasteiger charge is 2.26. The van der Waals surface area contributed by atoms with Crippen LogP contribution in [0, 0.1) is 5.92 Å². The average molecular weight is 148 g/mol. The minimum Gasteiger partial charge on any atom is -0.393 e. The van der Waals surface area contributed by atoms with E-state index in [2.05, 4.69) is 0 Å². The molecule has 2 heteroatoms. The van der Waals surface area contributed by atoms with E-state index in [4.69, 9.17) is 5.11 Å². The van der Waals surface area contributed by atoms with E-state index in [9.17, 15) is 4.39 Å². The van der Waals surface area contributed by atoms with Crippen LogP contribution in [0.15, 0.2) is 0 Å². The van der Waals surface area contributed by atoms with E-state index in [0.717, 1.165) is 0 Å². The van der Waals surface area contributed by atoms with Gasteiger partial charge in [0.05, 0.1) is 6.61 Å². The summed E-state index contributed by atoms with van der Waals surface area (Å²) in [7, 11) is 0. The lowest BCUT2D eigenvalue weighted by Gasteiger charge is -2.22. The summed E-state index contributed by atoms with van der Waals surface area (Å²) in [6.45, 7) is 5.33. The summed E-state index contributed by atoms with van der Waals surface area (Å²) in [5.41, 5.74) is -1.34. The molecule has 1 nitrogen and oxygen atoms in total. The van der Waals surface area contributed by atoms with E-state index in [0.29, 0.717) is 18.8 Å². The molecule has 0 heterocycles. The van der Waals surface area contributed by atoms with Crippen LogP contribution in [-0.4, -0.2) is 17.4 Å². The number of hydrogen-bond donors (Lipinski definition) is 1. The van der Waals surface area contributed by atoms with Crippen molar-refractivity contribution in [1.82, 2.24) is 0 Å². The van der Waals surface area contributed by atoms with Gasteiger partial charge in [-0.25, -0.2) is 4.39 Å². The zero-order valence-electron chi connectivity index (χ0n) is 7.02. The maximum absolute atomic E-state index is 13.3. The van der Waals surface area contributed by atoms with Gasteiger partial charge in [0.25, 0.3) is 0 Å². The molecule has 1 atom stereocenters. The van der Waals surface area contributed by atoms with Crippen molar-refractivity contribution in [2.75, 3.05) is 6.61 Å². The average Bonchev–Trinajstić information content (AvgIpc) is 1.87. The number of aliphatic hydroxyl groups excluding tert-OH is 1. The molecule has 0 aliphatic rings. The fourth-order valence-corrected chi connectivity index (χ4v) is 1.05. The predicted octanol–water partition coefficient (Wildman–Crippen LogP) is 2.14. The van der Waals surface area contributed by atoms with Crippen LogP contribution in [0.5, 0.6) is 0 Å². The summed E-state index contributed by atoms with van der Waals surface area (Å²) in [4.78, 5) is 0. The van der Waals surface area contributed by atoms with Crippen molar-refractivity contribution >= 4 is 0 Å². The standard InChI is InChI=1S/C8H17FO/c1-4-8(9,6-10)5-7(2)3/h7,10H,4-6H2,1-3H3. The van der Waals surface area contributed by atoms with E-state index < -0.39 is 5.67 Å². The first-order chi connectivity index (χ1) is 4.54. The summed E-state index contributed by atoms with van der Waals surface area (Å²) < 4.78 is 13.3. The van der Waals surface area contributed by atoms with E-state index in [1.54, 1.807) is 6.92 Å². The van der Waals surface area contributed by atoms with Crippen molar-refractivity contribution in [2.24, 2.45) is 5.92 Å². The Bertz CT molecular complexity index is 87.3. The van der Waals surface area contributed by atoms with Crippen LogP contribution in [0.2, 0.25) is 0 Å². The molecule has 0 bridgehead atoms. The predicted molar refractivity (Wildman–Crippen MR) is 40.7 cm³/mol. The first-order valence-electron chi connectivity index (χ1n) is 3.84. The Labute approximate surface area is 62.3 Å². The van der Waals surface area contributed by atoms with Gasteiger partial charge in [-0.2, -0.15) is 0 Å². The molecule has 0 amide bonds. The van der Waals surface area contributed by atoms with Gasteiger partial charge in [-0.05, 0) is 18.8 Å². The summed E-state index contributed by atoms with van der Waals surface area (Å²) >= 11 is 0. The molecular formula is C8H17FO. The van der Waals surface area contributed by atoms with Crippen LogP contribution in [0.3, 0.4) is 0 Å². The molecule has 0 saturated carbocycles. The zero-order valence-corrected chi connectivity index (χ0v) is 7.02. The molecule has 0 fully saturated rings. The van der Waals surface area contributed by atoms with Crippen molar-refractivity contribution in [2.45, 2.75) is 39.3 Å². The van der Waals surface area contributed by atoms with Gasteiger partial charge in [0.1, 0.15) is 5.67 Å². The highest BCUT2D eigenvalue weighted by molar-refractivity contribution is 4.77. The minimum atomic E-state index is -1.34. The minimum absolute atomic E-state index is 0.317. The number of halogens is 1. The van der Waals surface area contributed by atoms with Crippen LogP contribution in [0.25, 0.3) is 0 Å². The summed E-state index contributed by atoms with van der Waals surface area (Å²) in [5, 5.41) is 8.66. The van der Waals surface area contributed by atoms with Crippen molar-refractivity contribution in [1.29, 1.82) is 0 Å². The van der Waals surface area contributed by atoms with Crippen molar-refractivity contribution in [3.8, 4) is 0 Å². The van der Waals surface area contributed by atoms with Crippen LogP contribution in [0.4, 0.5) is 4.39 Å². The van der Waals surface area contributed by atoms with Crippen molar-refractivity contribution in [3.05, 3.63) is 0 Å². The molecule has 1 N–H and O–H groups in total. The first kappa shape index (κ1) is 9.89. The largest absolute Gasteiger partial charge is 0.393 e. The number of hydrogen-bond acceptors (Lipinski definition) is 1. The van der Waals surface area contributed by atoms with Gasteiger partial charge in [0, 0.05) is 0 Å². The second-order valence-electron chi connectivity index (χ2n) is 3.26. The third kappa shape index (κ3) is 3.16. The Morgan fingerprint density at radius 3 is 2.10 bits per heavy atom. The molecule has 0 rings (SSSR count). The molecule has 0 aromatic rings. The molecule has 0 radical (unpaired) electrons. The molecular weight excluding hydrogens is 131 g/mol. The van der Waals surface area contributed by atoms with E-state index in [1.807, 2.05) is 13.8 Å². The molecule has 0 aliphatic carbocycles. The Hall–Kier alpha value is -0.110. The molecule has 62 valence electrons. The molecule has 0 spiro atoms. The molecule has 1 unspecified atom stereocenters. The van der Waals surface area contributed by atoms with Crippen LogP contribution >= 0.6 is 0 Å². The fraction of sp³-hybridized carbons (Fsp3) is 1.00. The van der Waals surface area contributed by atoms with Gasteiger partial charge in [-0.15, -0.1) is 0 Å². The molecule has 0 aromatic carbocycles. The van der Waals surface area contributed by atoms with Crippen molar-refractivity contribution < 1.29 is 9.50 Å². The monoisotopic (exact) mass is 148 g/mol. The second kappa shape index (κ2) is 3.91. The third-order valence-corrected chi connectivity index (χ3v) is 1.69. The van der Waals surface area contributed by atoms with E-state index >= 15 is 0 Å². The number of aliphatic hydroxyl groups is 1. The highest BCUT2D eigenvalue weighted by atomic mass is 19.1. The highest BCUT2D eigenvalue weighted by Crippen LogP contribution is 2.24. The third-order valence-electron chi connectivity index (χ3n) is 1.69. The van der Waals surface area contributed by atoms with Gasteiger partial charge < -0.3 is 5.11 Å². The second-order valence-corrected chi connectivity index (χ2v) is 3.26. The smallest absolute Gasteiger partial charge is 0.133 e. The summed E-state index contributed by atoms with van der Waals surface area (Å²) in [6.07, 6.45) is 0.863. The maximum Gasteiger partial charge on any atom is 0.133 e. The van der Waals surface area contributed by atoms with Gasteiger partial charge in [0.2, 0.25) is 0 Å². The van der Waals surface area contributed by atoms with Crippen LogP contribution in [0.1, 0.15) is 33.6 Å². The molecule has 0 aromatic heterocycles. The SMILES string of the molecule is CCC(F)(CO)CC(C)C. The molecule has 0 saturated heterocycles. The Morgan fingerprint density at radius 1 is 1.50 bits per heavy atom. The van der Waals surface area contributed by atoms with Gasteiger partial charge in [0.15, 0.2) is 0 Å². The summed E-state index contributed by atoms with van der Waals surface area (Å²) in [6, 6.07) is 0. The Balaban J connectivity index is 3.80. The topological polar surface area (TPSA) is 20.2 Å². The molecule has 10 heavy (non-hydrogen) atoms. The van der Waals surface area contributed by atoms with Crippen molar-refractivity contribution in [3.63, 3.8) is 0 Å². The van der Waals surface area contributed by atoms with Gasteiger partial charge in [-0.3, -0.25) is 0 Å². The lowest BCUT2D eigenvalue weighted by molar-refractivity contribution is 0.0477. The van der Waals surface area contributed by atoms with Crippen LogP contribution < -0.4 is 0 Å². The quantitative estimate of drug-likeness (QED) is 0.647. The lowest BCUT2D eigenvalue weighted by Crippen LogP contribution is -2.28. The Kier molecular flexibility index (Phi) is 3.87. The normalized spacial score (nSPS) is 17.4. The fourth-order valence-electron chi connectivity index (χ4n) is 1.05. The Morgan fingerprint density at radius 2 is 2.00 bits per heavy atom. The zero-order chi connectivity index (χ0) is 8.20. The number of rotatable bonds is 4. The lowest BCUT2D eigenvalue weighted by atomic mass is 9.93.